The SMILES string of the molecule is CC.CCCN(CC(CC)N(C)C)C(=O)c1ccc(C)cc1. The van der Waals surface area contributed by atoms with Gasteiger partial charge in [-0.2, -0.15) is 0 Å². The third kappa shape index (κ3) is 6.61. The molecule has 1 aromatic rings. The molecule has 0 aromatic heterocycles. The minimum absolute atomic E-state index is 0.146. The summed E-state index contributed by atoms with van der Waals surface area (Å²) in [6.45, 7) is 11.9. The van der Waals surface area contributed by atoms with Crippen molar-refractivity contribution in [1.29, 1.82) is 0 Å². The van der Waals surface area contributed by atoms with Crippen LogP contribution in [0.3, 0.4) is 0 Å². The van der Waals surface area contributed by atoms with E-state index in [9.17, 15) is 4.79 Å². The van der Waals surface area contributed by atoms with Crippen molar-refractivity contribution in [3.63, 3.8) is 0 Å². The van der Waals surface area contributed by atoms with Crippen LogP contribution in [0.2, 0.25) is 0 Å². The largest absolute Gasteiger partial charge is 0.337 e. The van der Waals surface area contributed by atoms with E-state index in [4.69, 9.17) is 0 Å². The van der Waals surface area contributed by atoms with Gasteiger partial charge in [0.2, 0.25) is 0 Å². The number of benzene rings is 1. The second kappa shape index (κ2) is 11.2. The molecule has 0 N–H and O–H groups in total. The quantitative estimate of drug-likeness (QED) is 0.753. The molecule has 0 aliphatic rings. The molecule has 0 spiro atoms. The second-order valence-corrected chi connectivity index (χ2v) is 5.64. The average Bonchev–Trinajstić information content (AvgIpc) is 2.53. The highest BCUT2D eigenvalue weighted by molar-refractivity contribution is 5.94. The molecule has 1 rings (SSSR count). The van der Waals surface area contributed by atoms with E-state index in [1.165, 1.54) is 5.56 Å². The maximum absolute atomic E-state index is 12.6. The monoisotopic (exact) mass is 306 g/mol. The number of likely N-dealkylation sites (N-methyl/N-ethyl adjacent to an activating group) is 1. The van der Waals surface area contributed by atoms with Crippen molar-refractivity contribution in [1.82, 2.24) is 9.80 Å². The Morgan fingerprint density at radius 2 is 1.64 bits per heavy atom. The highest BCUT2D eigenvalue weighted by Crippen LogP contribution is 2.11. The fourth-order valence-electron chi connectivity index (χ4n) is 2.34. The van der Waals surface area contributed by atoms with Gasteiger partial charge in [-0.3, -0.25) is 4.79 Å². The molecule has 3 nitrogen and oxygen atoms in total. The molecule has 22 heavy (non-hydrogen) atoms. The minimum atomic E-state index is 0.146. The van der Waals surface area contributed by atoms with Gasteiger partial charge in [-0.1, -0.05) is 45.4 Å². The number of carbonyl (C=O) groups excluding carboxylic acids is 1. The van der Waals surface area contributed by atoms with E-state index in [1.54, 1.807) is 0 Å². The van der Waals surface area contributed by atoms with Gasteiger partial charge in [0.05, 0.1) is 0 Å². The van der Waals surface area contributed by atoms with Gasteiger partial charge in [0.15, 0.2) is 0 Å². The molecule has 0 saturated heterocycles. The van der Waals surface area contributed by atoms with Crippen LogP contribution in [0.25, 0.3) is 0 Å². The van der Waals surface area contributed by atoms with Crippen LogP contribution in [0.1, 0.15) is 56.5 Å². The van der Waals surface area contributed by atoms with Gasteiger partial charge in [0, 0.05) is 24.7 Å². The average molecular weight is 306 g/mol. The van der Waals surface area contributed by atoms with E-state index in [2.05, 4.69) is 32.8 Å². The number of carbonyl (C=O) groups is 1. The first-order valence-corrected chi connectivity index (χ1v) is 8.51. The van der Waals surface area contributed by atoms with Crippen LogP contribution in [0.5, 0.6) is 0 Å². The smallest absolute Gasteiger partial charge is 0.253 e. The van der Waals surface area contributed by atoms with E-state index < -0.39 is 0 Å². The Labute approximate surface area is 137 Å². The summed E-state index contributed by atoms with van der Waals surface area (Å²) >= 11 is 0. The standard InChI is InChI=1S/C17H28N2O.C2H6/c1-6-12-19(13-16(7-2)18(4)5)17(20)15-10-8-14(3)9-11-15;1-2/h8-11,16H,6-7,12-13H2,1-5H3;1-2H3. The van der Waals surface area contributed by atoms with Crippen LogP contribution in [0.4, 0.5) is 0 Å². The van der Waals surface area contributed by atoms with E-state index in [-0.39, 0.29) is 5.91 Å². The summed E-state index contributed by atoms with van der Waals surface area (Å²) in [6, 6.07) is 8.27. The Morgan fingerprint density at radius 1 is 1.09 bits per heavy atom. The zero-order valence-electron chi connectivity index (χ0n) is 15.5. The summed E-state index contributed by atoms with van der Waals surface area (Å²) in [7, 11) is 4.16. The van der Waals surface area contributed by atoms with Gasteiger partial charge in [-0.05, 0) is 46.0 Å². The van der Waals surface area contributed by atoms with Crippen LogP contribution in [-0.4, -0.2) is 48.9 Å². The van der Waals surface area contributed by atoms with Gasteiger partial charge < -0.3 is 9.80 Å². The van der Waals surface area contributed by atoms with Crippen molar-refractivity contribution in [3.05, 3.63) is 35.4 Å². The lowest BCUT2D eigenvalue weighted by atomic mass is 10.1. The zero-order chi connectivity index (χ0) is 17.1. The molecular weight excluding hydrogens is 272 g/mol. The molecule has 0 aliphatic carbocycles. The third-order valence-corrected chi connectivity index (χ3v) is 3.71. The van der Waals surface area contributed by atoms with Crippen molar-refractivity contribution in [3.8, 4) is 0 Å². The molecule has 0 fully saturated rings. The second-order valence-electron chi connectivity index (χ2n) is 5.64. The van der Waals surface area contributed by atoms with Crippen molar-refractivity contribution in [2.24, 2.45) is 0 Å². The molecule has 1 amide bonds. The number of aryl methyl sites for hydroxylation is 1. The third-order valence-electron chi connectivity index (χ3n) is 3.71. The summed E-state index contributed by atoms with van der Waals surface area (Å²) in [5.74, 6) is 0.146. The normalized spacial score (nSPS) is 11.6. The number of amides is 1. The van der Waals surface area contributed by atoms with Crippen molar-refractivity contribution in [2.45, 2.75) is 53.5 Å². The number of hydrogen-bond acceptors (Lipinski definition) is 2. The predicted molar refractivity (Wildman–Crippen MR) is 96.5 cm³/mol. The van der Waals surface area contributed by atoms with Crippen LogP contribution >= 0.6 is 0 Å². The summed E-state index contributed by atoms with van der Waals surface area (Å²) < 4.78 is 0. The molecule has 1 unspecified atom stereocenters. The molecule has 0 bridgehead atoms. The van der Waals surface area contributed by atoms with E-state index in [0.29, 0.717) is 6.04 Å². The van der Waals surface area contributed by atoms with Crippen molar-refractivity contribution in [2.75, 3.05) is 27.2 Å². The predicted octanol–water partition coefficient (Wildman–Crippen LogP) is 4.21. The van der Waals surface area contributed by atoms with Crippen LogP contribution in [0.15, 0.2) is 24.3 Å². The van der Waals surface area contributed by atoms with Gasteiger partial charge >= 0.3 is 0 Å². The van der Waals surface area contributed by atoms with E-state index in [1.807, 2.05) is 49.9 Å². The van der Waals surface area contributed by atoms with Gasteiger partial charge in [-0.15, -0.1) is 0 Å². The fraction of sp³-hybridized carbons (Fsp3) is 0.632. The zero-order valence-corrected chi connectivity index (χ0v) is 15.5. The molecule has 0 saturated carbocycles. The Balaban J connectivity index is 0.00000211. The Hall–Kier alpha value is -1.35. The van der Waals surface area contributed by atoms with Crippen LogP contribution < -0.4 is 0 Å². The molecule has 1 aromatic carbocycles. The lowest BCUT2D eigenvalue weighted by Crippen LogP contribution is -2.43. The Kier molecular flexibility index (Phi) is 10.6. The van der Waals surface area contributed by atoms with Gasteiger partial charge in [-0.25, -0.2) is 0 Å². The minimum Gasteiger partial charge on any atom is -0.337 e. The van der Waals surface area contributed by atoms with Crippen molar-refractivity contribution >= 4 is 5.91 Å². The first kappa shape index (κ1) is 20.6. The van der Waals surface area contributed by atoms with E-state index >= 15 is 0 Å². The summed E-state index contributed by atoms with van der Waals surface area (Å²) in [6.07, 6.45) is 2.04. The van der Waals surface area contributed by atoms with Crippen LogP contribution in [-0.2, 0) is 0 Å². The molecule has 0 radical (unpaired) electrons. The van der Waals surface area contributed by atoms with Crippen LogP contribution in [0, 0.1) is 6.92 Å². The number of rotatable bonds is 7. The number of nitrogens with zero attached hydrogens (tertiary/aromatic N) is 2. The first-order chi connectivity index (χ1) is 10.5. The summed E-state index contributed by atoms with van der Waals surface area (Å²) in [5.41, 5.74) is 1.97. The molecule has 0 aliphatic heterocycles. The topological polar surface area (TPSA) is 23.6 Å². The Bertz CT molecular complexity index is 412. The van der Waals surface area contributed by atoms with Crippen molar-refractivity contribution < 1.29 is 4.79 Å². The lowest BCUT2D eigenvalue weighted by molar-refractivity contribution is 0.0705. The summed E-state index contributed by atoms with van der Waals surface area (Å²) in [4.78, 5) is 16.8. The molecule has 1 atom stereocenters. The highest BCUT2D eigenvalue weighted by Gasteiger charge is 2.19. The summed E-state index contributed by atoms with van der Waals surface area (Å²) in [5, 5.41) is 0. The van der Waals surface area contributed by atoms with Gasteiger partial charge in [0.1, 0.15) is 0 Å². The number of hydrogen-bond donors (Lipinski definition) is 0. The first-order valence-electron chi connectivity index (χ1n) is 8.51. The molecule has 126 valence electrons. The highest BCUT2D eigenvalue weighted by atomic mass is 16.2. The molecule has 3 heteroatoms. The Morgan fingerprint density at radius 3 is 2.05 bits per heavy atom. The maximum atomic E-state index is 12.6. The fourth-order valence-corrected chi connectivity index (χ4v) is 2.34. The maximum Gasteiger partial charge on any atom is 0.253 e. The molecular formula is C19H34N2O. The van der Waals surface area contributed by atoms with Gasteiger partial charge in [0.25, 0.3) is 5.91 Å². The molecule has 0 heterocycles. The van der Waals surface area contributed by atoms with E-state index in [0.717, 1.165) is 31.5 Å². The lowest BCUT2D eigenvalue weighted by Gasteiger charge is -2.30.